The van der Waals surface area contributed by atoms with E-state index in [4.69, 9.17) is 9.98 Å². The smallest absolute Gasteiger partial charge is 0.211 e. The Bertz CT molecular complexity index is 2500. The van der Waals surface area contributed by atoms with Gasteiger partial charge in [0.2, 0.25) is 5.96 Å². The third-order valence-corrected chi connectivity index (χ3v) is 11.9. The average molecular weight is 785 g/mol. The van der Waals surface area contributed by atoms with Crippen molar-refractivity contribution in [3.05, 3.63) is 179 Å². The van der Waals surface area contributed by atoms with E-state index in [1.807, 2.05) is 72.4 Å². The summed E-state index contributed by atoms with van der Waals surface area (Å²) in [4.78, 5) is 12.7. The number of rotatable bonds is 6. The van der Waals surface area contributed by atoms with Crippen LogP contribution in [0.15, 0.2) is 176 Å². The number of benzene rings is 4. The molecule has 8 rings (SSSR count). The lowest BCUT2D eigenvalue weighted by Crippen LogP contribution is -2.41. The van der Waals surface area contributed by atoms with Crippen molar-refractivity contribution >= 4 is 46.6 Å². The molecule has 0 saturated carbocycles. The number of nitrogens with one attached hydrogen (secondary N) is 1. The van der Waals surface area contributed by atoms with Gasteiger partial charge in [-0.2, -0.15) is 0 Å². The molecule has 3 heterocycles. The molecular formula is C53H60N4S. The van der Waals surface area contributed by atoms with Crippen molar-refractivity contribution in [2.75, 3.05) is 0 Å². The summed E-state index contributed by atoms with van der Waals surface area (Å²) in [6.07, 6.45) is 10.4. The predicted octanol–water partition coefficient (Wildman–Crippen LogP) is 14.8. The van der Waals surface area contributed by atoms with Gasteiger partial charge in [0.1, 0.15) is 12.0 Å². The molecule has 0 saturated heterocycles. The van der Waals surface area contributed by atoms with Crippen LogP contribution < -0.4 is 5.32 Å². The summed E-state index contributed by atoms with van der Waals surface area (Å²) in [7, 11) is 0. The number of aliphatic imine (C=N–C) groups is 2. The van der Waals surface area contributed by atoms with Gasteiger partial charge >= 0.3 is 0 Å². The monoisotopic (exact) mass is 784 g/mol. The molecule has 2 atom stereocenters. The topological polar surface area (TPSA) is 41.7 Å². The maximum absolute atomic E-state index is 5.07. The molecule has 5 heteroatoms. The molecule has 1 spiro atoms. The van der Waals surface area contributed by atoms with Crippen LogP contribution in [0.2, 0.25) is 0 Å². The van der Waals surface area contributed by atoms with Crippen LogP contribution in [-0.2, 0) is 5.41 Å². The van der Waals surface area contributed by atoms with Crippen LogP contribution in [0.1, 0.15) is 98.5 Å². The standard InChI is InChI=1S/C47H42N4S.3C2H6/c1-8-19-37-30(5)31(6)40(47(37)38-24-15-17-27-43(38)52-44-35(23-18-25-39(44)47)33-20-12-11-13-21-33)28-29(4)45-48-32(7)49-46(50-45)51-41(10-3)34(9-2)36-22-14-16-26-42(36)51;3*1-2/h8-28,32H,2-3H2,1,4-7H3,(H,48,49,50);3*1-2H3/b19-8-,29-28+;;;. The van der Waals surface area contributed by atoms with Crippen molar-refractivity contribution in [2.24, 2.45) is 9.98 Å². The third-order valence-electron chi connectivity index (χ3n) is 10.7. The summed E-state index contributed by atoms with van der Waals surface area (Å²) in [5, 5.41) is 4.77. The summed E-state index contributed by atoms with van der Waals surface area (Å²) in [5.41, 5.74) is 13.8. The molecule has 1 aliphatic carbocycles. The SMILES string of the molecule is C=Cc1c(C=C)n(C2=NC(C)N=C(/C(C)=C/C3=C(C)C(C)=C(/C=C\C)C34c3ccccc3Sc3c(-c5ccccc5)cccc34)N2)c2ccccc12.CC.CC.CC. The van der Waals surface area contributed by atoms with Crippen molar-refractivity contribution < 1.29 is 0 Å². The van der Waals surface area contributed by atoms with E-state index in [1.54, 1.807) is 0 Å². The van der Waals surface area contributed by atoms with Crippen molar-refractivity contribution in [1.82, 2.24) is 9.88 Å². The van der Waals surface area contributed by atoms with E-state index in [0.717, 1.165) is 39.5 Å². The van der Waals surface area contributed by atoms with Gasteiger partial charge < -0.3 is 5.32 Å². The first-order valence-electron chi connectivity index (χ1n) is 20.8. The lowest BCUT2D eigenvalue weighted by Gasteiger charge is -2.42. The molecule has 2 aliphatic heterocycles. The molecular weight excluding hydrogens is 725 g/mol. The molecule has 298 valence electrons. The number of para-hydroxylation sites is 1. The molecule has 0 amide bonds. The van der Waals surface area contributed by atoms with Crippen LogP contribution in [0.4, 0.5) is 0 Å². The second-order valence-electron chi connectivity index (χ2n) is 13.5. The number of aromatic nitrogens is 1. The molecule has 5 aromatic rings. The van der Waals surface area contributed by atoms with Crippen LogP contribution >= 0.6 is 11.8 Å². The first-order chi connectivity index (χ1) is 28.3. The number of hydrogen-bond donors (Lipinski definition) is 1. The second kappa shape index (κ2) is 19.2. The Kier molecular flexibility index (Phi) is 14.4. The molecule has 0 fully saturated rings. The molecule has 58 heavy (non-hydrogen) atoms. The van der Waals surface area contributed by atoms with Crippen molar-refractivity contribution in [3.63, 3.8) is 0 Å². The summed E-state index contributed by atoms with van der Waals surface area (Å²) >= 11 is 1.88. The predicted molar refractivity (Wildman–Crippen MR) is 256 cm³/mol. The quantitative estimate of drug-likeness (QED) is 0.186. The van der Waals surface area contributed by atoms with Crippen LogP contribution in [0.25, 0.3) is 34.2 Å². The average Bonchev–Trinajstić information content (AvgIpc) is 3.71. The van der Waals surface area contributed by atoms with E-state index >= 15 is 0 Å². The Morgan fingerprint density at radius 1 is 0.759 bits per heavy atom. The van der Waals surface area contributed by atoms with Crippen LogP contribution in [0.5, 0.6) is 0 Å². The van der Waals surface area contributed by atoms with E-state index < -0.39 is 5.41 Å². The highest BCUT2D eigenvalue weighted by atomic mass is 32.2. The number of amidine groups is 1. The van der Waals surface area contributed by atoms with Crippen molar-refractivity contribution in [2.45, 2.75) is 97.5 Å². The van der Waals surface area contributed by atoms with Gasteiger partial charge in [-0.3, -0.25) is 4.57 Å². The highest BCUT2D eigenvalue weighted by Gasteiger charge is 2.50. The van der Waals surface area contributed by atoms with Gasteiger partial charge in [-0.25, -0.2) is 9.98 Å². The molecule has 4 nitrogen and oxygen atoms in total. The zero-order chi connectivity index (χ0) is 42.1. The molecule has 3 aliphatic rings. The van der Waals surface area contributed by atoms with E-state index in [2.05, 4.69) is 166 Å². The van der Waals surface area contributed by atoms with Gasteiger partial charge in [0.25, 0.3) is 0 Å². The Hall–Kier alpha value is -5.65. The molecule has 2 unspecified atom stereocenters. The summed E-state index contributed by atoms with van der Waals surface area (Å²) in [5.74, 6) is 1.52. The fraction of sp³-hybridized carbons (Fsp3) is 0.245. The van der Waals surface area contributed by atoms with Gasteiger partial charge in [0, 0.05) is 20.7 Å². The van der Waals surface area contributed by atoms with Crippen LogP contribution in [0, 0.1) is 0 Å². The Balaban J connectivity index is 0.00000102. The zero-order valence-corrected chi connectivity index (χ0v) is 37.2. The minimum atomic E-state index is -0.521. The van der Waals surface area contributed by atoms with Crippen molar-refractivity contribution in [3.8, 4) is 11.1 Å². The van der Waals surface area contributed by atoms with E-state index in [-0.39, 0.29) is 6.17 Å². The maximum atomic E-state index is 5.07. The largest absolute Gasteiger partial charge is 0.310 e. The van der Waals surface area contributed by atoms with Gasteiger partial charge in [-0.05, 0) is 103 Å². The highest BCUT2D eigenvalue weighted by molar-refractivity contribution is 7.99. The minimum Gasteiger partial charge on any atom is -0.310 e. The van der Waals surface area contributed by atoms with E-state index in [9.17, 15) is 0 Å². The Morgan fingerprint density at radius 2 is 1.40 bits per heavy atom. The zero-order valence-electron chi connectivity index (χ0n) is 36.4. The van der Waals surface area contributed by atoms with Gasteiger partial charge in [0.15, 0.2) is 0 Å². The maximum Gasteiger partial charge on any atom is 0.211 e. The van der Waals surface area contributed by atoms with Gasteiger partial charge in [-0.15, -0.1) is 0 Å². The van der Waals surface area contributed by atoms with Crippen LogP contribution in [-0.4, -0.2) is 22.5 Å². The highest BCUT2D eigenvalue weighted by Crippen LogP contribution is 2.62. The van der Waals surface area contributed by atoms with E-state index in [0.29, 0.717) is 0 Å². The molecule has 4 aromatic carbocycles. The third kappa shape index (κ3) is 7.33. The first-order valence-corrected chi connectivity index (χ1v) is 21.7. The Labute approximate surface area is 352 Å². The lowest BCUT2D eigenvalue weighted by molar-refractivity contribution is 0.708. The fourth-order valence-corrected chi connectivity index (χ4v) is 9.65. The summed E-state index contributed by atoms with van der Waals surface area (Å²) < 4.78 is 2.14. The summed E-state index contributed by atoms with van der Waals surface area (Å²) in [6.45, 7) is 31.2. The first kappa shape index (κ1) is 43.5. The molecule has 1 N–H and O–H groups in total. The number of allylic oxidation sites excluding steroid dienone is 7. The minimum absolute atomic E-state index is 0.285. The lowest BCUT2D eigenvalue weighted by atomic mass is 9.65. The van der Waals surface area contributed by atoms with Crippen molar-refractivity contribution in [1.29, 1.82) is 0 Å². The second-order valence-corrected chi connectivity index (χ2v) is 14.6. The molecule has 0 radical (unpaired) electrons. The molecule has 0 bridgehead atoms. The number of nitrogens with zero attached hydrogens (tertiary/aromatic N) is 3. The van der Waals surface area contributed by atoms with Crippen LogP contribution in [0.3, 0.4) is 0 Å². The van der Waals surface area contributed by atoms with Gasteiger partial charge in [-0.1, -0.05) is 176 Å². The summed E-state index contributed by atoms with van der Waals surface area (Å²) in [6, 6.07) is 34.9. The normalized spacial score (nSPS) is 18.1. The van der Waals surface area contributed by atoms with E-state index in [1.165, 1.54) is 54.3 Å². The number of hydrogen-bond acceptors (Lipinski definition) is 4. The number of fused-ring (bicyclic) bond motifs is 5. The fourth-order valence-electron chi connectivity index (χ4n) is 8.32. The molecule has 1 aromatic heterocycles. The Morgan fingerprint density at radius 3 is 2.09 bits per heavy atom. The van der Waals surface area contributed by atoms with Gasteiger partial charge in [0.05, 0.1) is 16.6 Å².